The molecule has 1 aromatic carbocycles. The van der Waals surface area contributed by atoms with E-state index in [1.807, 2.05) is 35.6 Å². The van der Waals surface area contributed by atoms with Gasteiger partial charge in [-0.05, 0) is 31.7 Å². The minimum Gasteiger partial charge on any atom is -0.455 e. The van der Waals surface area contributed by atoms with Crippen LogP contribution in [-0.2, 0) is 25.5 Å². The molecule has 136 valence electrons. The number of nitrogens with one attached hydrogen (secondary N) is 1. The second-order valence-electron chi connectivity index (χ2n) is 6.35. The number of rotatable bonds is 6. The largest absolute Gasteiger partial charge is 0.455 e. The summed E-state index contributed by atoms with van der Waals surface area (Å²) in [7, 11) is 0. The molecule has 1 saturated carbocycles. The third-order valence-electron chi connectivity index (χ3n) is 4.48. The van der Waals surface area contributed by atoms with Gasteiger partial charge in [-0.25, -0.2) is 4.79 Å². The normalized spacial score (nSPS) is 15.9. The molecule has 0 aromatic heterocycles. The number of alkyl carbamates (subject to hydrolysis) is 1. The molecule has 2 amide bonds. The molecule has 0 saturated heterocycles. The number of carbonyl (C=O) groups excluding carboxylic acids is 3. The zero-order chi connectivity index (χ0) is 18.1. The highest BCUT2D eigenvalue weighted by atomic mass is 16.6. The molecule has 6 heteroatoms. The number of carbonyl (C=O) groups is 3. The Kier molecular flexibility index (Phi) is 6.98. The van der Waals surface area contributed by atoms with E-state index in [-0.39, 0.29) is 12.6 Å². The maximum absolute atomic E-state index is 12.7. The van der Waals surface area contributed by atoms with Crippen molar-refractivity contribution in [3.8, 4) is 0 Å². The van der Waals surface area contributed by atoms with Gasteiger partial charge in [0.05, 0.1) is 12.0 Å². The van der Waals surface area contributed by atoms with E-state index in [4.69, 9.17) is 4.74 Å². The van der Waals surface area contributed by atoms with Crippen LogP contribution in [0, 0.1) is 5.41 Å². The van der Waals surface area contributed by atoms with Crippen LogP contribution in [-0.4, -0.2) is 31.2 Å². The Morgan fingerprint density at radius 2 is 1.72 bits per heavy atom. The van der Waals surface area contributed by atoms with Crippen LogP contribution in [0.25, 0.3) is 0 Å². The lowest BCUT2D eigenvalue weighted by Crippen LogP contribution is -2.40. The van der Waals surface area contributed by atoms with Crippen LogP contribution < -0.4 is 5.32 Å². The fourth-order valence-corrected chi connectivity index (χ4v) is 3.27. The first-order valence-corrected chi connectivity index (χ1v) is 8.73. The van der Waals surface area contributed by atoms with Crippen molar-refractivity contribution in [2.24, 2.45) is 5.41 Å². The lowest BCUT2D eigenvalue weighted by molar-refractivity contribution is -0.161. The number of hydrogen-bond donors (Lipinski definition) is 1. The first-order valence-electron chi connectivity index (χ1n) is 8.73. The van der Waals surface area contributed by atoms with Crippen LogP contribution in [0.15, 0.2) is 30.3 Å². The average Bonchev–Trinajstić information content (AvgIpc) is 2.61. The summed E-state index contributed by atoms with van der Waals surface area (Å²) >= 11 is 0. The van der Waals surface area contributed by atoms with Gasteiger partial charge in [0.15, 0.2) is 6.61 Å². The predicted octanol–water partition coefficient (Wildman–Crippen LogP) is 3.00. The van der Waals surface area contributed by atoms with Gasteiger partial charge in [-0.2, -0.15) is 0 Å². The maximum Gasteiger partial charge on any atom is 0.413 e. The Morgan fingerprint density at radius 1 is 1.04 bits per heavy atom. The Hall–Kier alpha value is -2.37. The third kappa shape index (κ3) is 5.59. The average molecular weight is 347 g/mol. The highest BCUT2D eigenvalue weighted by Crippen LogP contribution is 2.40. The summed E-state index contributed by atoms with van der Waals surface area (Å²) in [6, 6.07) is 9.83. The Morgan fingerprint density at radius 3 is 2.36 bits per heavy atom. The van der Waals surface area contributed by atoms with Crippen LogP contribution >= 0.6 is 0 Å². The molecule has 1 aliphatic rings. The highest BCUT2D eigenvalue weighted by molar-refractivity contribution is 5.93. The summed E-state index contributed by atoms with van der Waals surface area (Å²) in [5.41, 5.74) is 0.487. The molecular formula is C19H25NO5. The first kappa shape index (κ1) is 19.0. The van der Waals surface area contributed by atoms with Crippen molar-refractivity contribution in [3.05, 3.63) is 35.9 Å². The molecule has 0 aliphatic heterocycles. The third-order valence-corrected chi connectivity index (χ3v) is 4.48. The summed E-state index contributed by atoms with van der Waals surface area (Å²) in [5, 5.41) is 2.02. The van der Waals surface area contributed by atoms with E-state index in [1.165, 1.54) is 0 Å². The fourth-order valence-electron chi connectivity index (χ4n) is 3.27. The number of ether oxygens (including phenoxy) is 2. The van der Waals surface area contributed by atoms with Crippen LogP contribution in [0.2, 0.25) is 0 Å². The van der Waals surface area contributed by atoms with E-state index >= 15 is 0 Å². The SMILES string of the molecule is CCOC(=O)NC(=O)COC(=O)C1(Cc2ccccc2)CCCCC1. The predicted molar refractivity (Wildman–Crippen MR) is 91.8 cm³/mol. The number of hydrogen-bond acceptors (Lipinski definition) is 5. The van der Waals surface area contributed by atoms with Crippen molar-refractivity contribution in [1.82, 2.24) is 5.32 Å². The molecule has 0 spiro atoms. The van der Waals surface area contributed by atoms with E-state index in [1.54, 1.807) is 6.92 Å². The summed E-state index contributed by atoms with van der Waals surface area (Å²) in [4.78, 5) is 35.6. The van der Waals surface area contributed by atoms with Gasteiger partial charge in [-0.3, -0.25) is 14.9 Å². The standard InChI is InChI=1S/C19H25NO5/c1-2-24-18(23)20-16(21)14-25-17(22)19(11-7-4-8-12-19)13-15-9-5-3-6-10-15/h3,5-6,9-10H,2,4,7-8,11-14H2,1H3,(H,20,21,23). The van der Waals surface area contributed by atoms with E-state index in [9.17, 15) is 14.4 Å². The minimum absolute atomic E-state index is 0.166. The van der Waals surface area contributed by atoms with Gasteiger partial charge in [-0.1, -0.05) is 49.6 Å². The number of esters is 1. The Balaban J connectivity index is 1.96. The summed E-state index contributed by atoms with van der Waals surface area (Å²) in [6.07, 6.45) is 4.31. The molecule has 0 unspecified atom stereocenters. The van der Waals surface area contributed by atoms with Gasteiger partial charge in [0, 0.05) is 0 Å². The molecule has 25 heavy (non-hydrogen) atoms. The van der Waals surface area contributed by atoms with Crippen molar-refractivity contribution in [2.75, 3.05) is 13.2 Å². The fraction of sp³-hybridized carbons (Fsp3) is 0.526. The van der Waals surface area contributed by atoms with Gasteiger partial charge in [0.2, 0.25) is 0 Å². The van der Waals surface area contributed by atoms with Crippen molar-refractivity contribution in [1.29, 1.82) is 0 Å². The molecular weight excluding hydrogens is 322 g/mol. The van der Waals surface area contributed by atoms with Crippen molar-refractivity contribution in [2.45, 2.75) is 45.4 Å². The van der Waals surface area contributed by atoms with Crippen molar-refractivity contribution >= 4 is 18.0 Å². The highest BCUT2D eigenvalue weighted by Gasteiger charge is 2.41. The molecule has 6 nitrogen and oxygen atoms in total. The topological polar surface area (TPSA) is 81.7 Å². The Labute approximate surface area is 147 Å². The number of imide groups is 1. The minimum atomic E-state index is -0.833. The van der Waals surface area contributed by atoms with Gasteiger partial charge < -0.3 is 9.47 Å². The van der Waals surface area contributed by atoms with Gasteiger partial charge in [0.1, 0.15) is 0 Å². The van der Waals surface area contributed by atoms with Crippen LogP contribution in [0.5, 0.6) is 0 Å². The molecule has 0 heterocycles. The molecule has 0 atom stereocenters. The Bertz CT molecular complexity index is 593. The molecule has 0 radical (unpaired) electrons. The number of amides is 2. The molecule has 2 rings (SSSR count). The van der Waals surface area contributed by atoms with Crippen molar-refractivity contribution in [3.63, 3.8) is 0 Å². The molecule has 1 aliphatic carbocycles. The van der Waals surface area contributed by atoms with E-state index in [2.05, 4.69) is 4.74 Å². The van der Waals surface area contributed by atoms with E-state index in [0.717, 1.165) is 37.7 Å². The van der Waals surface area contributed by atoms with E-state index in [0.29, 0.717) is 6.42 Å². The molecule has 0 bridgehead atoms. The molecule has 1 N–H and O–H groups in total. The monoisotopic (exact) mass is 347 g/mol. The zero-order valence-corrected chi connectivity index (χ0v) is 14.6. The summed E-state index contributed by atoms with van der Waals surface area (Å²) in [6.45, 7) is 1.33. The van der Waals surface area contributed by atoms with Crippen molar-refractivity contribution < 1.29 is 23.9 Å². The number of benzene rings is 1. The van der Waals surface area contributed by atoms with Crippen LogP contribution in [0.1, 0.15) is 44.6 Å². The second kappa shape index (κ2) is 9.20. The van der Waals surface area contributed by atoms with Gasteiger partial charge in [-0.15, -0.1) is 0 Å². The summed E-state index contributed by atoms with van der Waals surface area (Å²) < 4.78 is 9.86. The molecule has 1 fully saturated rings. The van der Waals surface area contributed by atoms with Crippen LogP contribution in [0.3, 0.4) is 0 Å². The van der Waals surface area contributed by atoms with Gasteiger partial charge >= 0.3 is 12.1 Å². The lowest BCUT2D eigenvalue weighted by atomic mass is 9.70. The second-order valence-corrected chi connectivity index (χ2v) is 6.35. The van der Waals surface area contributed by atoms with Gasteiger partial charge in [0.25, 0.3) is 5.91 Å². The maximum atomic E-state index is 12.7. The zero-order valence-electron chi connectivity index (χ0n) is 14.6. The van der Waals surface area contributed by atoms with Crippen LogP contribution in [0.4, 0.5) is 4.79 Å². The van der Waals surface area contributed by atoms with E-state index < -0.39 is 24.0 Å². The smallest absolute Gasteiger partial charge is 0.413 e. The summed E-state index contributed by atoms with van der Waals surface area (Å²) in [5.74, 6) is -1.05. The molecule has 1 aromatic rings. The first-order chi connectivity index (χ1) is 12.1. The lowest BCUT2D eigenvalue weighted by Gasteiger charge is -2.35. The quantitative estimate of drug-likeness (QED) is 0.800.